The molecule has 2 aromatic rings. The number of aryl methyl sites for hydroxylation is 1. The second-order valence-electron chi connectivity index (χ2n) is 4.95. The maximum absolute atomic E-state index is 13.9. The summed E-state index contributed by atoms with van der Waals surface area (Å²) in [5.41, 5.74) is 0.00766. The second kappa shape index (κ2) is 9.26. The molecule has 0 aliphatic heterocycles. The van der Waals surface area contributed by atoms with Crippen molar-refractivity contribution in [1.29, 1.82) is 0 Å². The maximum atomic E-state index is 13.9. The van der Waals surface area contributed by atoms with Crippen LogP contribution in [-0.4, -0.2) is 24.6 Å². The Morgan fingerprint density at radius 3 is 2.72 bits per heavy atom. The molecule has 0 unspecified atom stereocenters. The van der Waals surface area contributed by atoms with Gasteiger partial charge in [0.2, 0.25) is 0 Å². The molecule has 0 saturated heterocycles. The van der Waals surface area contributed by atoms with Gasteiger partial charge in [0.1, 0.15) is 16.6 Å². The zero-order valence-corrected chi connectivity index (χ0v) is 14.7. The molecule has 1 heterocycles. The summed E-state index contributed by atoms with van der Waals surface area (Å²) in [6.45, 7) is -0.552. The van der Waals surface area contributed by atoms with E-state index in [0.717, 1.165) is 11.4 Å². The molecule has 5 nitrogen and oxygen atoms in total. The van der Waals surface area contributed by atoms with Crippen LogP contribution >= 0.6 is 11.3 Å². The highest BCUT2D eigenvalue weighted by molar-refractivity contribution is 7.11. The number of nitrogens with one attached hydrogen (secondary N) is 2. The van der Waals surface area contributed by atoms with Gasteiger partial charge in [-0.3, -0.25) is 4.99 Å². The number of halogens is 3. The van der Waals surface area contributed by atoms with E-state index in [9.17, 15) is 13.2 Å². The van der Waals surface area contributed by atoms with Crippen molar-refractivity contribution in [1.82, 2.24) is 15.6 Å². The molecule has 0 aliphatic carbocycles. The van der Waals surface area contributed by atoms with Crippen LogP contribution in [-0.2, 0) is 19.5 Å². The number of benzene rings is 1. The Balaban J connectivity index is 1.96. The van der Waals surface area contributed by atoms with Crippen LogP contribution in [0.25, 0.3) is 0 Å². The molecule has 0 radical (unpaired) electrons. The van der Waals surface area contributed by atoms with Crippen molar-refractivity contribution >= 4 is 17.3 Å². The largest absolute Gasteiger partial charge is 0.434 e. The third kappa shape index (κ3) is 5.63. The monoisotopic (exact) mass is 372 g/mol. The smallest absolute Gasteiger partial charge is 0.387 e. The number of nitrogens with zero attached hydrogens (tertiary/aromatic N) is 2. The maximum Gasteiger partial charge on any atom is 0.387 e. The van der Waals surface area contributed by atoms with Gasteiger partial charge < -0.3 is 15.4 Å². The Labute approximate surface area is 148 Å². The van der Waals surface area contributed by atoms with Crippen LogP contribution in [0.3, 0.4) is 0 Å². The Morgan fingerprint density at radius 2 is 2.08 bits per heavy atom. The molecule has 0 saturated carbocycles. The van der Waals surface area contributed by atoms with E-state index >= 15 is 0 Å². The Morgan fingerprint density at radius 1 is 1.32 bits per heavy atom. The van der Waals surface area contributed by atoms with Crippen LogP contribution in [0.4, 0.5) is 13.2 Å². The average Bonchev–Trinajstić information content (AvgIpc) is 3.04. The summed E-state index contributed by atoms with van der Waals surface area (Å²) in [5.74, 6) is -0.432. The first-order valence-corrected chi connectivity index (χ1v) is 8.45. The van der Waals surface area contributed by atoms with Crippen LogP contribution in [0.2, 0.25) is 0 Å². The van der Waals surface area contributed by atoms with Crippen molar-refractivity contribution in [3.63, 3.8) is 0 Å². The molecule has 1 aromatic carbocycles. The topological polar surface area (TPSA) is 58.5 Å². The van der Waals surface area contributed by atoms with Gasteiger partial charge in [0.25, 0.3) is 0 Å². The second-order valence-corrected chi connectivity index (χ2v) is 6.15. The fraction of sp³-hybridized carbons (Fsp3) is 0.375. The van der Waals surface area contributed by atoms with Gasteiger partial charge in [-0.2, -0.15) is 8.78 Å². The van der Waals surface area contributed by atoms with E-state index in [1.165, 1.54) is 23.1 Å². The molecule has 0 spiro atoms. The third-order valence-corrected chi connectivity index (χ3v) is 4.45. The van der Waals surface area contributed by atoms with Gasteiger partial charge in [-0.1, -0.05) is 13.0 Å². The lowest BCUT2D eigenvalue weighted by molar-refractivity contribution is -0.0506. The summed E-state index contributed by atoms with van der Waals surface area (Å²) in [6, 6.07) is 3.80. The Kier molecular flexibility index (Phi) is 7.05. The molecule has 0 bridgehead atoms. The van der Waals surface area contributed by atoms with Crippen LogP contribution in [0.1, 0.15) is 22.4 Å². The summed E-state index contributed by atoms with van der Waals surface area (Å²) in [5, 5.41) is 6.83. The zero-order chi connectivity index (χ0) is 18.2. The van der Waals surface area contributed by atoms with Gasteiger partial charge >= 0.3 is 6.61 Å². The molecule has 25 heavy (non-hydrogen) atoms. The minimum atomic E-state index is -3.02. The number of alkyl halides is 2. The first kappa shape index (κ1) is 19.0. The van der Waals surface area contributed by atoms with Gasteiger partial charge in [-0.15, -0.1) is 11.3 Å². The number of thiazole rings is 1. The molecule has 9 heteroatoms. The summed E-state index contributed by atoms with van der Waals surface area (Å²) >= 11 is 1.59. The number of hydrogen-bond acceptors (Lipinski definition) is 4. The lowest BCUT2D eigenvalue weighted by Gasteiger charge is -2.14. The van der Waals surface area contributed by atoms with Crippen LogP contribution in [0.5, 0.6) is 5.75 Å². The number of ether oxygens (including phenoxy) is 1. The number of aliphatic imine (C=N–C) groups is 1. The van der Waals surface area contributed by atoms with Gasteiger partial charge in [0, 0.05) is 30.2 Å². The first-order valence-electron chi connectivity index (χ1n) is 7.63. The average molecular weight is 372 g/mol. The van der Waals surface area contributed by atoms with Crippen molar-refractivity contribution in [2.75, 3.05) is 7.05 Å². The fourth-order valence-electron chi connectivity index (χ4n) is 2.06. The van der Waals surface area contributed by atoms with E-state index < -0.39 is 12.4 Å². The number of hydrogen-bond donors (Lipinski definition) is 2. The number of guanidine groups is 1. The summed E-state index contributed by atoms with van der Waals surface area (Å²) in [7, 11) is 1.56. The highest BCUT2D eigenvalue weighted by Crippen LogP contribution is 2.23. The predicted molar refractivity (Wildman–Crippen MR) is 91.6 cm³/mol. The first-order chi connectivity index (χ1) is 12.0. The molecule has 2 rings (SSSR count). The van der Waals surface area contributed by atoms with Crippen LogP contribution in [0.15, 0.2) is 29.4 Å². The Bertz CT molecular complexity index is 721. The molecular weight excluding hydrogens is 353 g/mol. The van der Waals surface area contributed by atoms with Crippen molar-refractivity contribution in [3.05, 3.63) is 45.7 Å². The lowest BCUT2D eigenvalue weighted by Crippen LogP contribution is -2.36. The number of rotatable bonds is 7. The minimum absolute atomic E-state index is 0.00766. The molecule has 136 valence electrons. The SMILES string of the molecule is CCc1cnc(CNC(=NC)NCc2c(F)cccc2OC(F)F)s1. The van der Waals surface area contributed by atoms with Crippen LogP contribution < -0.4 is 15.4 Å². The fourth-order valence-corrected chi connectivity index (χ4v) is 2.86. The molecular formula is C16H19F3N4OS. The normalized spacial score (nSPS) is 11.7. The van der Waals surface area contributed by atoms with Crippen LogP contribution in [0, 0.1) is 5.82 Å². The predicted octanol–water partition coefficient (Wildman–Crippen LogP) is 3.31. The minimum Gasteiger partial charge on any atom is -0.434 e. The summed E-state index contributed by atoms with van der Waals surface area (Å²) < 4.78 is 43.1. The highest BCUT2D eigenvalue weighted by atomic mass is 32.1. The van der Waals surface area contributed by atoms with Crippen molar-refractivity contribution in [2.45, 2.75) is 33.0 Å². The molecule has 0 fully saturated rings. The van der Waals surface area contributed by atoms with E-state index in [2.05, 4.69) is 32.3 Å². The third-order valence-electron chi connectivity index (χ3n) is 3.31. The van der Waals surface area contributed by atoms with Gasteiger partial charge in [0.15, 0.2) is 5.96 Å². The summed E-state index contributed by atoms with van der Waals surface area (Å²) in [6.07, 6.45) is 2.75. The quantitative estimate of drug-likeness (QED) is 0.578. The van der Waals surface area contributed by atoms with Crippen molar-refractivity contribution in [3.8, 4) is 5.75 Å². The van der Waals surface area contributed by atoms with Crippen molar-refractivity contribution < 1.29 is 17.9 Å². The lowest BCUT2D eigenvalue weighted by atomic mass is 10.2. The van der Waals surface area contributed by atoms with E-state index in [1.807, 2.05) is 6.20 Å². The molecule has 0 amide bonds. The van der Waals surface area contributed by atoms with Gasteiger partial charge in [0.05, 0.1) is 6.54 Å². The van der Waals surface area contributed by atoms with Gasteiger partial charge in [-0.05, 0) is 18.6 Å². The van der Waals surface area contributed by atoms with Gasteiger partial charge in [-0.25, -0.2) is 9.37 Å². The Hall–Kier alpha value is -2.29. The van der Waals surface area contributed by atoms with Crippen molar-refractivity contribution in [2.24, 2.45) is 4.99 Å². The molecule has 1 aromatic heterocycles. The number of aromatic nitrogens is 1. The molecule has 0 aliphatic rings. The zero-order valence-electron chi connectivity index (χ0n) is 13.9. The molecule has 0 atom stereocenters. The van der Waals surface area contributed by atoms with E-state index in [4.69, 9.17) is 0 Å². The summed E-state index contributed by atoms with van der Waals surface area (Å²) in [4.78, 5) is 9.49. The standard InChI is InChI=1S/C16H19F3N4OS/c1-3-10-7-21-14(25-10)9-23-16(20-2)22-8-11-12(17)5-4-6-13(11)24-15(18)19/h4-7,15H,3,8-9H2,1-2H3,(H2,20,22,23). The van der Waals surface area contributed by atoms with E-state index in [-0.39, 0.29) is 17.9 Å². The van der Waals surface area contributed by atoms with E-state index in [1.54, 1.807) is 18.4 Å². The highest BCUT2D eigenvalue weighted by Gasteiger charge is 2.14. The molecule has 2 N–H and O–H groups in total. The van der Waals surface area contributed by atoms with E-state index in [0.29, 0.717) is 12.5 Å².